The summed E-state index contributed by atoms with van der Waals surface area (Å²) in [5.74, 6) is -0.108. The number of nitrogens with zero attached hydrogens (tertiary/aromatic N) is 3. The minimum atomic E-state index is -0.824. The van der Waals surface area contributed by atoms with E-state index in [9.17, 15) is 14.4 Å². The van der Waals surface area contributed by atoms with E-state index in [1.807, 2.05) is 72.8 Å². The van der Waals surface area contributed by atoms with Crippen molar-refractivity contribution in [3.8, 4) is 5.75 Å². The van der Waals surface area contributed by atoms with E-state index in [2.05, 4.69) is 5.32 Å². The van der Waals surface area contributed by atoms with Gasteiger partial charge >= 0.3 is 0 Å². The molecule has 228 valence electrons. The molecule has 1 atom stereocenters. The van der Waals surface area contributed by atoms with E-state index < -0.39 is 11.6 Å². The molecule has 5 aromatic rings. The molecule has 0 saturated heterocycles. The van der Waals surface area contributed by atoms with Gasteiger partial charge in [0.1, 0.15) is 10.3 Å². The van der Waals surface area contributed by atoms with Gasteiger partial charge in [0.05, 0.1) is 42.2 Å². The summed E-state index contributed by atoms with van der Waals surface area (Å²) < 4.78 is 7.27. The Labute approximate surface area is 273 Å². The van der Waals surface area contributed by atoms with Crippen LogP contribution in [-0.2, 0) is 16.1 Å². The molecule has 0 radical (unpaired) electrons. The van der Waals surface area contributed by atoms with Crippen LogP contribution in [0.15, 0.2) is 124 Å². The Morgan fingerprint density at radius 2 is 1.70 bits per heavy atom. The Kier molecular flexibility index (Phi) is 7.64. The van der Waals surface area contributed by atoms with Gasteiger partial charge in [0.2, 0.25) is 0 Å². The number of benzene rings is 4. The molecule has 1 N–H and O–H groups in total. The zero-order valence-electron chi connectivity index (χ0n) is 24.9. The molecule has 2 aliphatic heterocycles. The summed E-state index contributed by atoms with van der Waals surface area (Å²) in [4.78, 5) is 49.5. The van der Waals surface area contributed by atoms with Crippen LogP contribution in [0.2, 0.25) is 5.02 Å². The van der Waals surface area contributed by atoms with Gasteiger partial charge in [0.25, 0.3) is 17.4 Å². The van der Waals surface area contributed by atoms with Gasteiger partial charge < -0.3 is 15.0 Å². The van der Waals surface area contributed by atoms with Gasteiger partial charge in [-0.3, -0.25) is 19.0 Å². The highest BCUT2D eigenvalue weighted by Gasteiger charge is 2.37. The van der Waals surface area contributed by atoms with Crippen LogP contribution in [0.5, 0.6) is 5.75 Å². The van der Waals surface area contributed by atoms with Crippen LogP contribution in [-0.4, -0.2) is 23.5 Å². The number of ether oxygens (including phenoxy) is 1. The van der Waals surface area contributed by atoms with Gasteiger partial charge in [-0.15, -0.1) is 0 Å². The van der Waals surface area contributed by atoms with Crippen molar-refractivity contribution in [2.45, 2.75) is 19.5 Å². The smallest absolute Gasteiger partial charge is 0.271 e. The molecule has 10 heteroatoms. The van der Waals surface area contributed by atoms with Crippen molar-refractivity contribution in [2.75, 3.05) is 17.3 Å². The van der Waals surface area contributed by atoms with E-state index >= 15 is 0 Å². The number of amides is 2. The number of fused-ring (bicyclic) bond motifs is 2. The summed E-state index contributed by atoms with van der Waals surface area (Å²) in [6, 6.07) is 30.4. The highest BCUT2D eigenvalue weighted by molar-refractivity contribution is 7.07. The number of thiazole rings is 1. The number of para-hydroxylation sites is 2. The van der Waals surface area contributed by atoms with Crippen molar-refractivity contribution >= 4 is 51.7 Å². The minimum Gasteiger partial charge on any atom is -0.497 e. The molecule has 4 aromatic carbocycles. The first-order chi connectivity index (χ1) is 22.4. The number of nitrogens with one attached hydrogen (secondary N) is 1. The highest BCUT2D eigenvalue weighted by atomic mass is 35.5. The summed E-state index contributed by atoms with van der Waals surface area (Å²) in [7, 11) is 1.56. The molecule has 7 rings (SSSR count). The summed E-state index contributed by atoms with van der Waals surface area (Å²) >= 11 is 7.61. The molecular formula is C36H27ClN4O4S. The molecule has 0 bridgehead atoms. The average molecular weight is 647 g/mol. The van der Waals surface area contributed by atoms with Crippen LogP contribution < -0.4 is 29.8 Å². The van der Waals surface area contributed by atoms with E-state index in [1.54, 1.807) is 49.3 Å². The fourth-order valence-corrected chi connectivity index (χ4v) is 7.29. The number of halogens is 1. The molecule has 0 unspecified atom stereocenters. The SMILES string of the molecule is COc1cccc([C@H]2C(C(=O)Nc3ccccc3)=C(C)N=c3s/c(=C4/C(=O)N(Cc5ccccc5Cl)c5ccccc54)c(=O)n32)c1. The second kappa shape index (κ2) is 11.9. The molecule has 8 nitrogen and oxygen atoms in total. The number of anilines is 2. The fourth-order valence-electron chi connectivity index (χ4n) is 5.96. The standard InChI is InChI=1S/C36H27ClN4O4S/c1-21-29(33(42)39-24-13-4-3-5-14-24)31(22-12-10-15-25(19-22)45-2)41-35(44)32(46-36(41)38-21)30-26-16-7-9-18-28(26)40(34(30)43)20-23-11-6-8-17-27(23)37/h3-19,31H,20H2,1-2H3,(H,39,42)/b32-30+/t31-/m0/s1. The van der Waals surface area contributed by atoms with Crippen molar-refractivity contribution in [1.29, 1.82) is 0 Å². The lowest BCUT2D eigenvalue weighted by Gasteiger charge is -2.25. The van der Waals surface area contributed by atoms with Crippen LogP contribution in [0.4, 0.5) is 11.4 Å². The van der Waals surface area contributed by atoms with Crippen LogP contribution in [0, 0.1) is 0 Å². The predicted octanol–water partition coefficient (Wildman–Crippen LogP) is 5.45. The summed E-state index contributed by atoms with van der Waals surface area (Å²) in [5.41, 5.74) is 4.10. The van der Waals surface area contributed by atoms with E-state index in [-0.39, 0.29) is 22.9 Å². The molecule has 0 fully saturated rings. The van der Waals surface area contributed by atoms with E-state index in [1.165, 1.54) is 4.57 Å². The maximum absolute atomic E-state index is 14.6. The van der Waals surface area contributed by atoms with Crippen LogP contribution in [0.25, 0.3) is 5.57 Å². The number of methoxy groups -OCH3 is 1. The van der Waals surface area contributed by atoms with Crippen molar-refractivity contribution in [2.24, 2.45) is 4.99 Å². The van der Waals surface area contributed by atoms with Crippen molar-refractivity contribution in [1.82, 2.24) is 4.57 Å². The quantitative estimate of drug-likeness (QED) is 0.266. The summed E-state index contributed by atoms with van der Waals surface area (Å²) in [6.45, 7) is 2.00. The Balaban J connectivity index is 1.42. The largest absolute Gasteiger partial charge is 0.497 e. The lowest BCUT2D eigenvalue weighted by atomic mass is 9.95. The third-order valence-electron chi connectivity index (χ3n) is 8.12. The van der Waals surface area contributed by atoms with Crippen LogP contribution >= 0.6 is 22.9 Å². The fraction of sp³-hybridized carbons (Fsp3) is 0.111. The molecule has 2 amide bonds. The zero-order chi connectivity index (χ0) is 31.9. The molecule has 2 aliphatic rings. The number of carbonyl (C=O) groups excluding carboxylic acids is 2. The number of aromatic nitrogens is 1. The van der Waals surface area contributed by atoms with E-state index in [0.29, 0.717) is 54.9 Å². The maximum atomic E-state index is 14.6. The summed E-state index contributed by atoms with van der Waals surface area (Å²) in [5, 5.41) is 3.51. The maximum Gasteiger partial charge on any atom is 0.271 e. The van der Waals surface area contributed by atoms with Gasteiger partial charge in [-0.05, 0) is 54.4 Å². The third kappa shape index (κ3) is 5.03. The minimum absolute atomic E-state index is 0.243. The second-order valence-electron chi connectivity index (χ2n) is 10.9. The Morgan fingerprint density at radius 3 is 2.48 bits per heavy atom. The lowest BCUT2D eigenvalue weighted by Crippen LogP contribution is -2.41. The molecule has 1 aromatic heterocycles. The average Bonchev–Trinajstić information content (AvgIpc) is 3.53. The van der Waals surface area contributed by atoms with Gasteiger partial charge in [-0.1, -0.05) is 89.7 Å². The first-order valence-corrected chi connectivity index (χ1v) is 15.8. The Morgan fingerprint density at radius 1 is 0.957 bits per heavy atom. The number of hydrogen-bond acceptors (Lipinski definition) is 6. The van der Waals surface area contributed by atoms with Gasteiger partial charge in [0.15, 0.2) is 4.80 Å². The van der Waals surface area contributed by atoms with Crippen molar-refractivity contribution < 1.29 is 14.3 Å². The zero-order valence-corrected chi connectivity index (χ0v) is 26.4. The van der Waals surface area contributed by atoms with Gasteiger partial charge in [0, 0.05) is 16.3 Å². The topological polar surface area (TPSA) is 93.0 Å². The van der Waals surface area contributed by atoms with Crippen LogP contribution in [0.3, 0.4) is 0 Å². The monoisotopic (exact) mass is 646 g/mol. The first kappa shape index (κ1) is 29.5. The first-order valence-electron chi connectivity index (χ1n) is 14.6. The van der Waals surface area contributed by atoms with E-state index in [4.69, 9.17) is 21.3 Å². The second-order valence-corrected chi connectivity index (χ2v) is 12.3. The Hall–Kier alpha value is -5.25. The molecular weight excluding hydrogens is 620 g/mol. The van der Waals surface area contributed by atoms with Crippen molar-refractivity contribution in [3.63, 3.8) is 0 Å². The third-order valence-corrected chi connectivity index (χ3v) is 9.54. The molecule has 3 heterocycles. The van der Waals surface area contributed by atoms with E-state index in [0.717, 1.165) is 16.9 Å². The molecule has 0 aliphatic carbocycles. The van der Waals surface area contributed by atoms with Crippen molar-refractivity contribution in [3.05, 3.63) is 156 Å². The predicted molar refractivity (Wildman–Crippen MR) is 180 cm³/mol. The molecule has 46 heavy (non-hydrogen) atoms. The Bertz CT molecular complexity index is 2260. The molecule has 0 spiro atoms. The number of hydrogen-bond donors (Lipinski definition) is 1. The van der Waals surface area contributed by atoms with Gasteiger partial charge in [-0.2, -0.15) is 0 Å². The van der Waals surface area contributed by atoms with Gasteiger partial charge in [-0.25, -0.2) is 4.99 Å². The normalized spacial score (nSPS) is 16.5. The summed E-state index contributed by atoms with van der Waals surface area (Å²) in [6.07, 6.45) is 0. The van der Waals surface area contributed by atoms with Crippen LogP contribution in [0.1, 0.15) is 29.7 Å². The highest BCUT2D eigenvalue weighted by Crippen LogP contribution is 2.37. The number of rotatable bonds is 6. The molecule has 0 saturated carbocycles. The number of allylic oxidation sites excluding steroid dienone is 1. The number of carbonyl (C=O) groups is 2. The lowest BCUT2D eigenvalue weighted by molar-refractivity contribution is -0.114.